The summed E-state index contributed by atoms with van der Waals surface area (Å²) in [7, 11) is 1.73. The van der Waals surface area contributed by atoms with E-state index in [1.165, 1.54) is 6.20 Å². The standard InChI is InChI=1S/C11H15Cl2N3O/c1-11(17-2)4-3-5-16(7-11)9-8(12)6-14-10(13)15-9/h6H,3-5,7H2,1-2H3. The Morgan fingerprint density at radius 2 is 2.24 bits per heavy atom. The van der Waals surface area contributed by atoms with Crippen LogP contribution in [-0.2, 0) is 4.74 Å². The molecule has 4 nitrogen and oxygen atoms in total. The van der Waals surface area contributed by atoms with Crippen LogP contribution < -0.4 is 4.90 Å². The molecule has 0 N–H and O–H groups in total. The molecule has 2 rings (SSSR count). The molecular weight excluding hydrogens is 261 g/mol. The minimum Gasteiger partial charge on any atom is -0.377 e. The maximum atomic E-state index is 6.10. The van der Waals surface area contributed by atoms with E-state index in [0.29, 0.717) is 10.8 Å². The molecule has 0 amide bonds. The third-order valence-electron chi connectivity index (χ3n) is 3.15. The molecule has 1 unspecified atom stereocenters. The highest BCUT2D eigenvalue weighted by Crippen LogP contribution is 2.31. The summed E-state index contributed by atoms with van der Waals surface area (Å²) in [5.41, 5.74) is -0.154. The Bertz CT molecular complexity index is 416. The molecule has 0 bridgehead atoms. The van der Waals surface area contributed by atoms with E-state index in [4.69, 9.17) is 27.9 Å². The highest BCUT2D eigenvalue weighted by molar-refractivity contribution is 6.33. The number of rotatable bonds is 2. The molecule has 0 aliphatic carbocycles. The number of nitrogens with zero attached hydrogens (tertiary/aromatic N) is 3. The maximum absolute atomic E-state index is 6.10. The van der Waals surface area contributed by atoms with Crippen LogP contribution in [0.3, 0.4) is 0 Å². The summed E-state index contributed by atoms with van der Waals surface area (Å²) in [4.78, 5) is 10.1. The minimum atomic E-state index is -0.154. The summed E-state index contributed by atoms with van der Waals surface area (Å²) in [6.45, 7) is 3.76. The van der Waals surface area contributed by atoms with Crippen LogP contribution in [0.25, 0.3) is 0 Å². The first kappa shape index (κ1) is 12.9. The Morgan fingerprint density at radius 3 is 2.94 bits per heavy atom. The zero-order valence-corrected chi connectivity index (χ0v) is 11.4. The number of halogens is 2. The number of hydrogen-bond donors (Lipinski definition) is 0. The van der Waals surface area contributed by atoms with Gasteiger partial charge in [0.1, 0.15) is 5.02 Å². The van der Waals surface area contributed by atoms with Gasteiger partial charge in [-0.05, 0) is 31.4 Å². The van der Waals surface area contributed by atoms with Crippen molar-refractivity contribution in [1.82, 2.24) is 9.97 Å². The molecule has 0 saturated carbocycles. The number of anilines is 1. The first-order valence-electron chi connectivity index (χ1n) is 5.52. The van der Waals surface area contributed by atoms with Crippen molar-refractivity contribution < 1.29 is 4.74 Å². The summed E-state index contributed by atoms with van der Waals surface area (Å²) in [5.74, 6) is 0.689. The van der Waals surface area contributed by atoms with E-state index >= 15 is 0 Å². The van der Waals surface area contributed by atoms with E-state index in [1.807, 2.05) is 0 Å². The van der Waals surface area contributed by atoms with Crippen LogP contribution in [0, 0.1) is 0 Å². The molecule has 17 heavy (non-hydrogen) atoms. The SMILES string of the molecule is COC1(C)CCCN(c2nc(Cl)ncc2Cl)C1. The van der Waals surface area contributed by atoms with Crippen molar-refractivity contribution in [3.63, 3.8) is 0 Å². The average Bonchev–Trinajstić information content (AvgIpc) is 2.32. The van der Waals surface area contributed by atoms with Crippen molar-refractivity contribution in [3.8, 4) is 0 Å². The summed E-state index contributed by atoms with van der Waals surface area (Å²) in [5, 5.41) is 0.740. The first-order valence-corrected chi connectivity index (χ1v) is 6.28. The Morgan fingerprint density at radius 1 is 1.47 bits per heavy atom. The minimum absolute atomic E-state index is 0.154. The Labute approximate surface area is 111 Å². The first-order chi connectivity index (χ1) is 8.04. The number of methoxy groups -OCH3 is 1. The van der Waals surface area contributed by atoms with Gasteiger partial charge in [0, 0.05) is 20.2 Å². The zero-order chi connectivity index (χ0) is 12.5. The summed E-state index contributed by atoms with van der Waals surface area (Å²) < 4.78 is 5.54. The molecule has 2 heterocycles. The normalized spacial score (nSPS) is 25.1. The largest absolute Gasteiger partial charge is 0.377 e. The van der Waals surface area contributed by atoms with Crippen LogP contribution in [0.1, 0.15) is 19.8 Å². The van der Waals surface area contributed by atoms with E-state index in [2.05, 4.69) is 21.8 Å². The van der Waals surface area contributed by atoms with Gasteiger partial charge in [-0.15, -0.1) is 0 Å². The lowest BCUT2D eigenvalue weighted by Crippen LogP contribution is -2.47. The van der Waals surface area contributed by atoms with Gasteiger partial charge in [0.2, 0.25) is 5.28 Å². The fourth-order valence-corrected chi connectivity index (χ4v) is 2.45. The van der Waals surface area contributed by atoms with Crippen LogP contribution in [0.4, 0.5) is 5.82 Å². The Hall–Kier alpha value is -0.580. The quantitative estimate of drug-likeness (QED) is 0.778. The highest BCUT2D eigenvalue weighted by Gasteiger charge is 2.32. The molecular formula is C11H15Cl2N3O. The fourth-order valence-electron chi connectivity index (χ4n) is 2.11. The number of hydrogen-bond acceptors (Lipinski definition) is 4. The molecule has 1 atom stereocenters. The van der Waals surface area contributed by atoms with Crippen LogP contribution in [0.5, 0.6) is 0 Å². The van der Waals surface area contributed by atoms with Gasteiger partial charge in [0.15, 0.2) is 5.82 Å². The molecule has 1 aromatic heterocycles. The van der Waals surface area contributed by atoms with Gasteiger partial charge in [-0.2, -0.15) is 4.98 Å². The second-order valence-corrected chi connectivity index (χ2v) is 5.23. The highest BCUT2D eigenvalue weighted by atomic mass is 35.5. The third-order valence-corrected chi connectivity index (χ3v) is 3.60. The van der Waals surface area contributed by atoms with Crippen LogP contribution in [0.2, 0.25) is 10.3 Å². The summed E-state index contributed by atoms with van der Waals surface area (Å²) >= 11 is 11.9. The van der Waals surface area contributed by atoms with Crippen LogP contribution in [-0.4, -0.2) is 35.8 Å². The molecule has 1 fully saturated rings. The second-order valence-electron chi connectivity index (χ2n) is 4.49. The van der Waals surface area contributed by atoms with Gasteiger partial charge in [-0.1, -0.05) is 11.6 Å². The lowest BCUT2D eigenvalue weighted by Gasteiger charge is -2.40. The molecule has 94 valence electrons. The molecule has 0 radical (unpaired) electrons. The summed E-state index contributed by atoms with van der Waals surface area (Å²) in [6, 6.07) is 0. The smallest absolute Gasteiger partial charge is 0.224 e. The predicted molar refractivity (Wildman–Crippen MR) is 68.9 cm³/mol. The topological polar surface area (TPSA) is 38.2 Å². The van der Waals surface area contributed by atoms with Gasteiger partial charge >= 0.3 is 0 Å². The molecule has 0 aromatic carbocycles. The van der Waals surface area contributed by atoms with Crippen molar-refractivity contribution in [2.45, 2.75) is 25.4 Å². The maximum Gasteiger partial charge on any atom is 0.224 e. The van der Waals surface area contributed by atoms with E-state index in [-0.39, 0.29) is 10.9 Å². The van der Waals surface area contributed by atoms with Gasteiger partial charge in [-0.3, -0.25) is 0 Å². The van der Waals surface area contributed by atoms with Crippen molar-refractivity contribution in [2.24, 2.45) is 0 Å². The van der Waals surface area contributed by atoms with Crippen molar-refractivity contribution in [2.75, 3.05) is 25.1 Å². The fraction of sp³-hybridized carbons (Fsp3) is 0.636. The Kier molecular flexibility index (Phi) is 3.76. The third kappa shape index (κ3) is 2.81. The van der Waals surface area contributed by atoms with E-state index in [1.54, 1.807) is 7.11 Å². The molecule has 1 saturated heterocycles. The van der Waals surface area contributed by atoms with Crippen molar-refractivity contribution in [1.29, 1.82) is 0 Å². The van der Waals surface area contributed by atoms with Gasteiger partial charge in [0.25, 0.3) is 0 Å². The lowest BCUT2D eigenvalue weighted by molar-refractivity contribution is -0.00481. The molecule has 1 aromatic rings. The van der Waals surface area contributed by atoms with E-state index < -0.39 is 0 Å². The molecule has 1 aliphatic rings. The van der Waals surface area contributed by atoms with E-state index in [0.717, 1.165) is 25.9 Å². The van der Waals surface area contributed by atoms with Gasteiger partial charge < -0.3 is 9.64 Å². The molecule has 0 spiro atoms. The summed E-state index contributed by atoms with van der Waals surface area (Å²) in [6.07, 6.45) is 3.61. The molecule has 6 heteroatoms. The average molecular weight is 276 g/mol. The van der Waals surface area contributed by atoms with Crippen molar-refractivity contribution in [3.05, 3.63) is 16.5 Å². The Balaban J connectivity index is 2.24. The van der Waals surface area contributed by atoms with Crippen LogP contribution in [0.15, 0.2) is 6.20 Å². The second kappa shape index (κ2) is 4.96. The number of aromatic nitrogens is 2. The number of piperidine rings is 1. The van der Waals surface area contributed by atoms with Gasteiger partial charge in [-0.25, -0.2) is 4.98 Å². The predicted octanol–water partition coefficient (Wildman–Crippen LogP) is 2.79. The van der Waals surface area contributed by atoms with Gasteiger partial charge in [0.05, 0.1) is 11.8 Å². The zero-order valence-electron chi connectivity index (χ0n) is 9.91. The number of ether oxygens (including phenoxy) is 1. The van der Waals surface area contributed by atoms with Crippen LogP contribution >= 0.6 is 23.2 Å². The monoisotopic (exact) mass is 275 g/mol. The van der Waals surface area contributed by atoms with E-state index in [9.17, 15) is 0 Å². The molecule has 1 aliphatic heterocycles. The van der Waals surface area contributed by atoms with Crippen molar-refractivity contribution >= 4 is 29.0 Å². The lowest BCUT2D eigenvalue weighted by atomic mass is 9.95.